The van der Waals surface area contributed by atoms with Crippen LogP contribution in [0.15, 0.2) is 30.5 Å². The van der Waals surface area contributed by atoms with Gasteiger partial charge >= 0.3 is 0 Å². The number of anilines is 1. The first-order valence-corrected chi connectivity index (χ1v) is 6.16. The van der Waals surface area contributed by atoms with Crippen LogP contribution in [0.25, 0.3) is 0 Å². The zero-order valence-corrected chi connectivity index (χ0v) is 11.4. The van der Waals surface area contributed by atoms with Crippen LogP contribution in [0, 0.1) is 3.57 Å². The molecule has 1 aromatic heterocycles. The predicted octanol–water partition coefficient (Wildman–Crippen LogP) is 1.33. The normalized spacial score (nSPS) is 10.1. The summed E-state index contributed by atoms with van der Waals surface area (Å²) in [5.41, 5.74) is 0.930. The van der Waals surface area contributed by atoms with Crippen molar-refractivity contribution >= 4 is 40.5 Å². The standard InChI is InChI=1S/C11H9IN4O2/c12-8-2-1-3-9(4-8)13-11(18)6-16-5-10(7-17)14-15-16/h1-5,7H,6H2,(H,13,18). The topological polar surface area (TPSA) is 76.9 Å². The van der Waals surface area contributed by atoms with Gasteiger partial charge in [-0.25, -0.2) is 4.68 Å². The number of nitrogens with zero attached hydrogens (tertiary/aromatic N) is 3. The largest absolute Gasteiger partial charge is 0.324 e. The molecule has 0 aliphatic heterocycles. The molecule has 1 N–H and O–H groups in total. The number of rotatable bonds is 4. The summed E-state index contributed by atoms with van der Waals surface area (Å²) in [7, 11) is 0. The maximum atomic E-state index is 11.7. The van der Waals surface area contributed by atoms with Gasteiger partial charge in [-0.15, -0.1) is 5.10 Å². The van der Waals surface area contributed by atoms with Gasteiger partial charge in [0.25, 0.3) is 0 Å². The van der Waals surface area contributed by atoms with Crippen LogP contribution in [0.5, 0.6) is 0 Å². The Morgan fingerprint density at radius 2 is 2.33 bits per heavy atom. The van der Waals surface area contributed by atoms with E-state index in [0.717, 1.165) is 9.26 Å². The molecule has 2 aromatic rings. The fourth-order valence-electron chi connectivity index (χ4n) is 1.36. The molecule has 0 bridgehead atoms. The number of carbonyl (C=O) groups is 2. The van der Waals surface area contributed by atoms with Gasteiger partial charge in [0.05, 0.1) is 6.20 Å². The van der Waals surface area contributed by atoms with E-state index in [1.807, 2.05) is 18.2 Å². The Labute approximate surface area is 117 Å². The minimum atomic E-state index is -0.223. The van der Waals surface area contributed by atoms with E-state index < -0.39 is 0 Å². The molecule has 1 amide bonds. The number of nitrogens with one attached hydrogen (secondary N) is 1. The lowest BCUT2D eigenvalue weighted by Gasteiger charge is -2.05. The molecule has 7 heteroatoms. The van der Waals surface area contributed by atoms with Crippen molar-refractivity contribution in [3.05, 3.63) is 39.7 Å². The molecule has 0 atom stereocenters. The summed E-state index contributed by atoms with van der Waals surface area (Å²) in [6, 6.07) is 7.45. The highest BCUT2D eigenvalue weighted by molar-refractivity contribution is 14.1. The second kappa shape index (κ2) is 5.71. The van der Waals surface area contributed by atoms with Crippen LogP contribution in [0.3, 0.4) is 0 Å². The molecular formula is C11H9IN4O2. The van der Waals surface area contributed by atoms with Gasteiger partial charge in [0.15, 0.2) is 6.29 Å². The summed E-state index contributed by atoms with van der Waals surface area (Å²) in [5, 5.41) is 9.97. The average Bonchev–Trinajstić information content (AvgIpc) is 2.76. The van der Waals surface area contributed by atoms with E-state index in [-0.39, 0.29) is 18.1 Å². The number of carbonyl (C=O) groups excluding carboxylic acids is 2. The lowest BCUT2D eigenvalue weighted by Crippen LogP contribution is -2.19. The van der Waals surface area contributed by atoms with Crippen LogP contribution in [0.4, 0.5) is 5.69 Å². The van der Waals surface area contributed by atoms with E-state index in [4.69, 9.17) is 0 Å². The molecule has 0 aliphatic rings. The molecule has 1 aromatic carbocycles. The number of hydrogen-bond donors (Lipinski definition) is 1. The maximum Gasteiger partial charge on any atom is 0.246 e. The van der Waals surface area contributed by atoms with Gasteiger partial charge in [0, 0.05) is 9.26 Å². The smallest absolute Gasteiger partial charge is 0.246 e. The predicted molar refractivity (Wildman–Crippen MR) is 73.2 cm³/mol. The van der Waals surface area contributed by atoms with Gasteiger partial charge in [-0.2, -0.15) is 0 Å². The highest BCUT2D eigenvalue weighted by Gasteiger charge is 2.06. The number of benzene rings is 1. The van der Waals surface area contributed by atoms with Gasteiger partial charge in [0.1, 0.15) is 12.2 Å². The Morgan fingerprint density at radius 1 is 1.50 bits per heavy atom. The number of hydrogen-bond acceptors (Lipinski definition) is 4. The first kappa shape index (κ1) is 12.7. The zero-order chi connectivity index (χ0) is 13.0. The number of amides is 1. The van der Waals surface area contributed by atoms with E-state index in [0.29, 0.717) is 6.29 Å². The van der Waals surface area contributed by atoms with Crippen LogP contribution >= 0.6 is 22.6 Å². The van der Waals surface area contributed by atoms with Crippen LogP contribution in [-0.4, -0.2) is 27.2 Å². The lowest BCUT2D eigenvalue weighted by molar-refractivity contribution is -0.116. The van der Waals surface area contributed by atoms with Crippen molar-refractivity contribution in [1.82, 2.24) is 15.0 Å². The first-order chi connectivity index (χ1) is 8.67. The number of aldehydes is 1. The monoisotopic (exact) mass is 356 g/mol. The van der Waals surface area contributed by atoms with Crippen molar-refractivity contribution in [3.8, 4) is 0 Å². The molecule has 0 unspecified atom stereocenters. The fraction of sp³-hybridized carbons (Fsp3) is 0.0909. The Morgan fingerprint density at radius 3 is 3.00 bits per heavy atom. The Kier molecular flexibility index (Phi) is 4.03. The van der Waals surface area contributed by atoms with Crippen LogP contribution < -0.4 is 5.32 Å². The van der Waals surface area contributed by atoms with Crippen LogP contribution in [-0.2, 0) is 11.3 Å². The van der Waals surface area contributed by atoms with E-state index in [9.17, 15) is 9.59 Å². The van der Waals surface area contributed by atoms with Gasteiger partial charge < -0.3 is 5.32 Å². The molecule has 0 saturated carbocycles. The number of halogens is 1. The van der Waals surface area contributed by atoms with Gasteiger partial charge in [-0.05, 0) is 40.8 Å². The molecule has 1 heterocycles. The van der Waals surface area contributed by atoms with Crippen molar-refractivity contribution in [3.63, 3.8) is 0 Å². The summed E-state index contributed by atoms with van der Waals surface area (Å²) < 4.78 is 2.35. The minimum Gasteiger partial charge on any atom is -0.324 e. The molecular weight excluding hydrogens is 347 g/mol. The molecule has 0 saturated heterocycles. The van der Waals surface area contributed by atoms with Crippen LogP contribution in [0.2, 0.25) is 0 Å². The summed E-state index contributed by atoms with van der Waals surface area (Å²) in [4.78, 5) is 22.1. The minimum absolute atomic E-state index is 0.0202. The van der Waals surface area contributed by atoms with Crippen molar-refractivity contribution in [2.24, 2.45) is 0 Å². The third kappa shape index (κ3) is 3.36. The SMILES string of the molecule is O=Cc1cn(CC(=O)Nc2cccc(I)c2)nn1. The van der Waals surface area contributed by atoms with E-state index in [2.05, 4.69) is 38.2 Å². The summed E-state index contributed by atoms with van der Waals surface area (Å²) in [6.07, 6.45) is 2.00. The van der Waals surface area contributed by atoms with Gasteiger partial charge in [0.2, 0.25) is 5.91 Å². The third-order valence-corrected chi connectivity index (χ3v) is 2.76. The summed E-state index contributed by atoms with van der Waals surface area (Å²) >= 11 is 2.17. The molecule has 2 rings (SSSR count). The molecule has 6 nitrogen and oxygen atoms in total. The van der Waals surface area contributed by atoms with Gasteiger partial charge in [-0.1, -0.05) is 11.3 Å². The Bertz CT molecular complexity index is 582. The first-order valence-electron chi connectivity index (χ1n) is 5.08. The average molecular weight is 356 g/mol. The Balaban J connectivity index is 1.98. The fourth-order valence-corrected chi connectivity index (χ4v) is 1.90. The molecule has 0 aliphatic carbocycles. The highest BCUT2D eigenvalue weighted by Crippen LogP contribution is 2.12. The van der Waals surface area contributed by atoms with E-state index in [1.165, 1.54) is 10.9 Å². The highest BCUT2D eigenvalue weighted by atomic mass is 127. The molecule has 92 valence electrons. The Hall–Kier alpha value is -1.77. The molecule has 0 fully saturated rings. The molecule has 18 heavy (non-hydrogen) atoms. The van der Waals surface area contributed by atoms with E-state index >= 15 is 0 Å². The van der Waals surface area contributed by atoms with Crippen molar-refractivity contribution < 1.29 is 9.59 Å². The van der Waals surface area contributed by atoms with Crippen molar-refractivity contribution in [2.45, 2.75) is 6.54 Å². The molecule has 0 radical (unpaired) electrons. The van der Waals surface area contributed by atoms with Gasteiger partial charge in [-0.3, -0.25) is 9.59 Å². The maximum absolute atomic E-state index is 11.7. The third-order valence-electron chi connectivity index (χ3n) is 2.09. The molecule has 0 spiro atoms. The van der Waals surface area contributed by atoms with Crippen molar-refractivity contribution in [1.29, 1.82) is 0 Å². The van der Waals surface area contributed by atoms with Crippen LogP contribution in [0.1, 0.15) is 10.5 Å². The second-order valence-corrected chi connectivity index (χ2v) is 4.76. The zero-order valence-electron chi connectivity index (χ0n) is 9.21. The number of aromatic nitrogens is 3. The lowest BCUT2D eigenvalue weighted by atomic mass is 10.3. The van der Waals surface area contributed by atoms with E-state index in [1.54, 1.807) is 6.07 Å². The van der Waals surface area contributed by atoms with Crippen molar-refractivity contribution in [2.75, 3.05) is 5.32 Å². The second-order valence-electron chi connectivity index (χ2n) is 3.52. The summed E-state index contributed by atoms with van der Waals surface area (Å²) in [6.45, 7) is 0.0202. The quantitative estimate of drug-likeness (QED) is 0.663. The summed E-state index contributed by atoms with van der Waals surface area (Å²) in [5.74, 6) is -0.223.